The largest absolute Gasteiger partial charge is 0.423 e. The predicted molar refractivity (Wildman–Crippen MR) is 123 cm³/mol. The van der Waals surface area contributed by atoms with E-state index in [1.54, 1.807) is 35.2 Å². The van der Waals surface area contributed by atoms with Gasteiger partial charge in [0.2, 0.25) is 11.8 Å². The number of rotatable bonds is 6. The number of carbonyl (C=O) groups excluding carboxylic acids is 3. The zero-order chi connectivity index (χ0) is 22.3. The first-order chi connectivity index (χ1) is 15.6. The molecule has 0 bridgehead atoms. The third-order valence-corrected chi connectivity index (χ3v) is 5.10. The van der Waals surface area contributed by atoms with Crippen LogP contribution in [0.1, 0.15) is 12.0 Å². The molecule has 0 saturated carbocycles. The van der Waals surface area contributed by atoms with Crippen molar-refractivity contribution in [2.45, 2.75) is 6.42 Å². The third-order valence-electron chi connectivity index (χ3n) is 5.10. The van der Waals surface area contributed by atoms with Crippen LogP contribution in [0.2, 0.25) is 0 Å². The fourth-order valence-corrected chi connectivity index (χ4v) is 3.50. The summed E-state index contributed by atoms with van der Waals surface area (Å²) in [4.78, 5) is 38.8. The Bertz CT molecular complexity index is 1140. The average molecular weight is 426 g/mol. The SMILES string of the molecule is O=C(/C=C/c1ccccc1)Oc1cccc(NC(=O)C2CC(=O)N(c3ccccc3)C2)c1. The van der Waals surface area contributed by atoms with Gasteiger partial charge in [-0.1, -0.05) is 54.6 Å². The minimum atomic E-state index is -0.516. The number of para-hydroxylation sites is 1. The number of anilines is 2. The van der Waals surface area contributed by atoms with Gasteiger partial charge in [0.1, 0.15) is 5.75 Å². The van der Waals surface area contributed by atoms with Crippen molar-refractivity contribution in [1.82, 2.24) is 0 Å². The number of benzene rings is 3. The van der Waals surface area contributed by atoms with Crippen molar-refractivity contribution in [3.8, 4) is 5.75 Å². The molecule has 1 aliphatic rings. The maximum Gasteiger partial charge on any atom is 0.336 e. The molecular formula is C26H22N2O4. The van der Waals surface area contributed by atoms with E-state index in [-0.39, 0.29) is 18.2 Å². The number of nitrogens with zero attached hydrogens (tertiary/aromatic N) is 1. The van der Waals surface area contributed by atoms with Gasteiger partial charge in [-0.15, -0.1) is 0 Å². The van der Waals surface area contributed by atoms with Gasteiger partial charge in [0, 0.05) is 36.5 Å². The van der Waals surface area contributed by atoms with Crippen LogP contribution in [0, 0.1) is 5.92 Å². The topological polar surface area (TPSA) is 75.7 Å². The number of carbonyl (C=O) groups is 3. The Morgan fingerprint density at radius 1 is 0.938 bits per heavy atom. The van der Waals surface area contributed by atoms with Gasteiger partial charge in [-0.25, -0.2) is 4.79 Å². The molecule has 4 rings (SSSR count). The van der Waals surface area contributed by atoms with Crippen LogP contribution in [0.5, 0.6) is 5.75 Å². The van der Waals surface area contributed by atoms with Crippen LogP contribution in [-0.4, -0.2) is 24.3 Å². The van der Waals surface area contributed by atoms with E-state index >= 15 is 0 Å². The molecule has 0 radical (unpaired) electrons. The molecule has 3 aromatic rings. The molecule has 2 amide bonds. The molecule has 160 valence electrons. The normalized spacial score (nSPS) is 15.7. The lowest BCUT2D eigenvalue weighted by atomic mass is 10.1. The summed E-state index contributed by atoms with van der Waals surface area (Å²) in [6, 6.07) is 25.3. The Balaban J connectivity index is 1.35. The van der Waals surface area contributed by atoms with Crippen molar-refractivity contribution in [2.75, 3.05) is 16.8 Å². The maximum absolute atomic E-state index is 12.7. The molecule has 1 N–H and O–H groups in total. The van der Waals surface area contributed by atoms with E-state index < -0.39 is 11.9 Å². The van der Waals surface area contributed by atoms with Gasteiger partial charge in [-0.3, -0.25) is 9.59 Å². The highest BCUT2D eigenvalue weighted by Crippen LogP contribution is 2.26. The van der Waals surface area contributed by atoms with Crippen LogP contribution in [0.15, 0.2) is 91.0 Å². The highest BCUT2D eigenvalue weighted by atomic mass is 16.5. The third kappa shape index (κ3) is 5.29. The van der Waals surface area contributed by atoms with Gasteiger partial charge >= 0.3 is 5.97 Å². The number of nitrogens with one attached hydrogen (secondary N) is 1. The Kier molecular flexibility index (Phi) is 6.41. The number of hydrogen-bond acceptors (Lipinski definition) is 4. The first-order valence-corrected chi connectivity index (χ1v) is 10.3. The van der Waals surface area contributed by atoms with Gasteiger partial charge in [0.25, 0.3) is 0 Å². The molecule has 1 atom stereocenters. The summed E-state index contributed by atoms with van der Waals surface area (Å²) in [5.74, 6) is -0.979. The van der Waals surface area contributed by atoms with Crippen LogP contribution >= 0.6 is 0 Å². The Hall–Kier alpha value is -4.19. The fraction of sp³-hybridized carbons (Fsp3) is 0.115. The Labute approximate surface area is 186 Å². The van der Waals surface area contributed by atoms with Crippen LogP contribution < -0.4 is 15.0 Å². The monoisotopic (exact) mass is 426 g/mol. The van der Waals surface area contributed by atoms with Gasteiger partial charge < -0.3 is 15.0 Å². The summed E-state index contributed by atoms with van der Waals surface area (Å²) in [6.07, 6.45) is 3.17. The van der Waals surface area contributed by atoms with Crippen molar-refractivity contribution in [1.29, 1.82) is 0 Å². The second-order valence-electron chi connectivity index (χ2n) is 7.42. The smallest absolute Gasteiger partial charge is 0.336 e. The van der Waals surface area contributed by atoms with Crippen LogP contribution in [0.3, 0.4) is 0 Å². The lowest BCUT2D eigenvalue weighted by molar-refractivity contribution is -0.129. The number of ether oxygens (including phenoxy) is 1. The molecule has 6 heteroatoms. The van der Waals surface area contributed by atoms with Crippen molar-refractivity contribution in [3.63, 3.8) is 0 Å². The summed E-state index contributed by atoms with van der Waals surface area (Å²) >= 11 is 0. The standard InChI is InChI=1S/C26H22N2O4/c29-24-16-20(18-28(24)22-11-5-2-6-12-22)26(31)27-21-10-7-13-23(17-21)32-25(30)15-14-19-8-3-1-4-9-19/h1-15,17,20H,16,18H2,(H,27,31)/b15-14+. The number of esters is 1. The van der Waals surface area contributed by atoms with Gasteiger partial charge in [-0.2, -0.15) is 0 Å². The first-order valence-electron chi connectivity index (χ1n) is 10.3. The molecule has 0 aromatic heterocycles. The molecule has 32 heavy (non-hydrogen) atoms. The molecule has 1 fully saturated rings. The molecule has 3 aromatic carbocycles. The first kappa shape index (κ1) is 21.1. The highest BCUT2D eigenvalue weighted by Gasteiger charge is 2.35. The van der Waals surface area contributed by atoms with Crippen LogP contribution in [0.4, 0.5) is 11.4 Å². The summed E-state index contributed by atoms with van der Waals surface area (Å²) in [5.41, 5.74) is 2.17. The predicted octanol–water partition coefficient (Wildman–Crippen LogP) is 4.30. The van der Waals surface area contributed by atoms with E-state index in [1.165, 1.54) is 6.08 Å². The van der Waals surface area contributed by atoms with E-state index in [0.29, 0.717) is 18.0 Å². The summed E-state index contributed by atoms with van der Waals surface area (Å²) < 4.78 is 5.34. The van der Waals surface area contributed by atoms with Gasteiger partial charge in [0.15, 0.2) is 0 Å². The molecule has 1 unspecified atom stereocenters. The molecular weight excluding hydrogens is 404 g/mol. The lowest BCUT2D eigenvalue weighted by Crippen LogP contribution is -2.28. The van der Waals surface area contributed by atoms with Crippen LogP contribution in [-0.2, 0) is 14.4 Å². The van der Waals surface area contributed by atoms with Crippen molar-refractivity contribution < 1.29 is 19.1 Å². The number of hydrogen-bond donors (Lipinski definition) is 1. The molecule has 1 heterocycles. The van der Waals surface area contributed by atoms with Crippen molar-refractivity contribution in [3.05, 3.63) is 96.6 Å². The maximum atomic E-state index is 12.7. The summed E-state index contributed by atoms with van der Waals surface area (Å²) in [5, 5.41) is 2.82. The second-order valence-corrected chi connectivity index (χ2v) is 7.42. The molecule has 1 aliphatic heterocycles. The highest BCUT2D eigenvalue weighted by molar-refractivity contribution is 6.03. The van der Waals surface area contributed by atoms with Crippen molar-refractivity contribution in [2.24, 2.45) is 5.92 Å². The van der Waals surface area contributed by atoms with Crippen LogP contribution in [0.25, 0.3) is 6.08 Å². The summed E-state index contributed by atoms with van der Waals surface area (Å²) in [7, 11) is 0. The lowest BCUT2D eigenvalue weighted by Gasteiger charge is -2.16. The molecule has 6 nitrogen and oxygen atoms in total. The Morgan fingerprint density at radius 3 is 2.41 bits per heavy atom. The van der Waals surface area contributed by atoms with E-state index in [2.05, 4.69) is 5.32 Å². The average Bonchev–Trinajstić information content (AvgIpc) is 3.21. The minimum absolute atomic E-state index is 0.0794. The minimum Gasteiger partial charge on any atom is -0.423 e. The molecule has 1 saturated heterocycles. The summed E-state index contributed by atoms with van der Waals surface area (Å²) in [6.45, 7) is 0.327. The van der Waals surface area contributed by atoms with E-state index in [1.807, 2.05) is 60.7 Å². The van der Waals surface area contributed by atoms with E-state index in [9.17, 15) is 14.4 Å². The van der Waals surface area contributed by atoms with E-state index in [0.717, 1.165) is 11.3 Å². The molecule has 0 spiro atoms. The Morgan fingerprint density at radius 2 is 1.66 bits per heavy atom. The quantitative estimate of drug-likeness (QED) is 0.362. The van der Waals surface area contributed by atoms with Crippen molar-refractivity contribution >= 4 is 35.2 Å². The molecule has 0 aliphatic carbocycles. The second kappa shape index (κ2) is 9.75. The van der Waals surface area contributed by atoms with Gasteiger partial charge in [-0.05, 0) is 35.9 Å². The number of amides is 2. The van der Waals surface area contributed by atoms with E-state index in [4.69, 9.17) is 4.74 Å². The van der Waals surface area contributed by atoms with Gasteiger partial charge in [0.05, 0.1) is 5.92 Å². The fourth-order valence-electron chi connectivity index (χ4n) is 3.50. The zero-order valence-corrected chi connectivity index (χ0v) is 17.3. The zero-order valence-electron chi connectivity index (χ0n) is 17.3.